The topological polar surface area (TPSA) is 77.9 Å². The van der Waals surface area contributed by atoms with E-state index in [0.717, 1.165) is 10.5 Å². The van der Waals surface area contributed by atoms with Gasteiger partial charge in [0.1, 0.15) is 6.54 Å². The Morgan fingerprint density at radius 1 is 1.15 bits per heavy atom. The van der Waals surface area contributed by atoms with Crippen LogP contribution in [-0.2, 0) is 20.9 Å². The zero-order valence-corrected chi connectivity index (χ0v) is 11.3. The van der Waals surface area contributed by atoms with E-state index in [9.17, 15) is 14.4 Å². The van der Waals surface area contributed by atoms with Crippen molar-refractivity contribution in [3.8, 4) is 0 Å². The predicted molar refractivity (Wildman–Crippen MR) is 71.1 cm³/mol. The fourth-order valence-electron chi connectivity index (χ4n) is 2.01. The minimum atomic E-state index is -1.13. The molecule has 1 aromatic rings. The van der Waals surface area contributed by atoms with Crippen molar-refractivity contribution in [2.75, 3.05) is 19.6 Å². The number of halogens is 1. The summed E-state index contributed by atoms with van der Waals surface area (Å²) in [5.41, 5.74) is 0.752. The highest BCUT2D eigenvalue weighted by molar-refractivity contribution is 6.35. The summed E-state index contributed by atoms with van der Waals surface area (Å²) in [6.45, 7) is 0.292. The molecule has 0 atom stereocenters. The van der Waals surface area contributed by atoms with Crippen molar-refractivity contribution in [1.82, 2.24) is 9.80 Å². The Labute approximate surface area is 120 Å². The minimum absolute atomic E-state index is 0.210. The summed E-state index contributed by atoms with van der Waals surface area (Å²) >= 11 is 6.01. The van der Waals surface area contributed by atoms with Gasteiger partial charge in [0.05, 0.1) is 0 Å². The molecule has 1 aromatic carbocycles. The van der Waals surface area contributed by atoms with Crippen molar-refractivity contribution >= 4 is 29.4 Å². The molecule has 0 saturated carbocycles. The molecule has 2 amide bonds. The number of benzene rings is 1. The van der Waals surface area contributed by atoms with Crippen molar-refractivity contribution in [3.63, 3.8) is 0 Å². The van der Waals surface area contributed by atoms with E-state index < -0.39 is 24.3 Å². The van der Waals surface area contributed by atoms with Gasteiger partial charge in [-0.1, -0.05) is 29.8 Å². The van der Waals surface area contributed by atoms with Gasteiger partial charge in [0.15, 0.2) is 0 Å². The number of carbonyl (C=O) groups excluding carboxylic acids is 2. The largest absolute Gasteiger partial charge is 0.480 e. The number of aliphatic carboxylic acids is 1. The summed E-state index contributed by atoms with van der Waals surface area (Å²) in [4.78, 5) is 36.7. The van der Waals surface area contributed by atoms with Crippen LogP contribution in [0.2, 0.25) is 5.02 Å². The van der Waals surface area contributed by atoms with Crippen molar-refractivity contribution in [3.05, 3.63) is 34.9 Å². The Balaban J connectivity index is 2.06. The van der Waals surface area contributed by atoms with Gasteiger partial charge in [-0.25, -0.2) is 0 Å². The number of carbonyl (C=O) groups is 3. The first-order valence-corrected chi connectivity index (χ1v) is 6.40. The van der Waals surface area contributed by atoms with Crippen LogP contribution in [0.5, 0.6) is 0 Å². The summed E-state index contributed by atoms with van der Waals surface area (Å²) in [6.07, 6.45) is 0. The summed E-state index contributed by atoms with van der Waals surface area (Å²) in [5.74, 6) is -2.62. The number of hydrogen-bond acceptors (Lipinski definition) is 3. The van der Waals surface area contributed by atoms with Gasteiger partial charge in [-0.15, -0.1) is 0 Å². The molecule has 1 saturated heterocycles. The Morgan fingerprint density at radius 2 is 1.75 bits per heavy atom. The molecule has 106 valence electrons. The number of rotatable bonds is 4. The number of nitrogens with zero attached hydrogens (tertiary/aromatic N) is 2. The van der Waals surface area contributed by atoms with Crippen molar-refractivity contribution in [2.45, 2.75) is 6.54 Å². The summed E-state index contributed by atoms with van der Waals surface area (Å²) in [7, 11) is 0. The number of hydrogen-bond donors (Lipinski definition) is 1. The molecule has 0 unspecified atom stereocenters. The molecular weight excluding hydrogens is 284 g/mol. The van der Waals surface area contributed by atoms with Gasteiger partial charge >= 0.3 is 17.8 Å². The lowest BCUT2D eigenvalue weighted by atomic mass is 10.2. The number of carboxylic acid groups (broad SMARTS) is 1. The molecule has 1 aliphatic heterocycles. The van der Waals surface area contributed by atoms with E-state index in [-0.39, 0.29) is 13.1 Å². The zero-order valence-electron chi connectivity index (χ0n) is 10.6. The van der Waals surface area contributed by atoms with E-state index in [1.54, 1.807) is 24.3 Å². The Hall–Kier alpha value is -2.08. The van der Waals surface area contributed by atoms with E-state index in [1.807, 2.05) is 0 Å². The van der Waals surface area contributed by atoms with E-state index in [1.165, 1.54) is 4.90 Å². The molecule has 1 N–H and O–H groups in total. The van der Waals surface area contributed by atoms with E-state index in [4.69, 9.17) is 16.7 Å². The van der Waals surface area contributed by atoms with Crippen LogP contribution >= 0.6 is 11.6 Å². The third kappa shape index (κ3) is 3.08. The van der Waals surface area contributed by atoms with Crippen LogP contribution in [0, 0.1) is 0 Å². The second-order valence-corrected chi connectivity index (χ2v) is 4.85. The predicted octanol–water partition coefficient (Wildman–Crippen LogP) is 0.595. The molecule has 2 rings (SSSR count). The molecule has 0 spiro atoms. The lowest BCUT2D eigenvalue weighted by Gasteiger charge is -2.33. The first kappa shape index (κ1) is 14.3. The first-order chi connectivity index (χ1) is 9.49. The van der Waals surface area contributed by atoms with Crippen molar-refractivity contribution in [1.29, 1.82) is 0 Å². The molecule has 1 heterocycles. The summed E-state index contributed by atoms with van der Waals surface area (Å²) < 4.78 is 0. The summed E-state index contributed by atoms with van der Waals surface area (Å²) in [5, 5.41) is 9.20. The fraction of sp³-hybridized carbons (Fsp3) is 0.308. The highest BCUT2D eigenvalue weighted by Gasteiger charge is 2.33. The number of piperazine rings is 1. The van der Waals surface area contributed by atoms with Crippen molar-refractivity contribution in [2.24, 2.45) is 0 Å². The minimum Gasteiger partial charge on any atom is -0.480 e. The lowest BCUT2D eigenvalue weighted by molar-refractivity contribution is -0.159. The van der Waals surface area contributed by atoms with Gasteiger partial charge in [0.2, 0.25) is 0 Å². The van der Waals surface area contributed by atoms with Crippen LogP contribution in [0.1, 0.15) is 5.56 Å². The van der Waals surface area contributed by atoms with E-state index in [0.29, 0.717) is 11.6 Å². The van der Waals surface area contributed by atoms with Crippen LogP contribution in [0.25, 0.3) is 0 Å². The Morgan fingerprint density at radius 3 is 2.40 bits per heavy atom. The van der Waals surface area contributed by atoms with Gasteiger partial charge < -0.3 is 14.9 Å². The van der Waals surface area contributed by atoms with Gasteiger partial charge in [0.25, 0.3) is 0 Å². The average Bonchev–Trinajstić information content (AvgIpc) is 2.40. The third-order valence-corrected chi connectivity index (χ3v) is 3.41. The van der Waals surface area contributed by atoms with E-state index >= 15 is 0 Å². The first-order valence-electron chi connectivity index (χ1n) is 6.02. The molecule has 6 nitrogen and oxygen atoms in total. The highest BCUT2D eigenvalue weighted by atomic mass is 35.5. The quantitative estimate of drug-likeness (QED) is 0.825. The van der Waals surface area contributed by atoms with Crippen LogP contribution in [0.4, 0.5) is 0 Å². The van der Waals surface area contributed by atoms with Crippen LogP contribution in [0.15, 0.2) is 24.3 Å². The van der Waals surface area contributed by atoms with Crippen LogP contribution in [-0.4, -0.2) is 52.3 Å². The molecule has 1 aliphatic rings. The lowest BCUT2D eigenvalue weighted by Crippen LogP contribution is -2.55. The Kier molecular flexibility index (Phi) is 4.24. The molecule has 1 fully saturated rings. The molecule has 20 heavy (non-hydrogen) atoms. The summed E-state index contributed by atoms with van der Waals surface area (Å²) in [6, 6.07) is 7.07. The monoisotopic (exact) mass is 296 g/mol. The van der Waals surface area contributed by atoms with E-state index in [2.05, 4.69) is 0 Å². The van der Waals surface area contributed by atoms with Gasteiger partial charge in [-0.05, 0) is 11.6 Å². The maximum absolute atomic E-state index is 11.9. The van der Waals surface area contributed by atoms with Crippen LogP contribution in [0.3, 0.4) is 0 Å². The molecule has 0 radical (unpaired) electrons. The SMILES string of the molecule is O=C(O)CN1CCN(Cc2ccccc2Cl)C(=O)C1=O. The maximum atomic E-state index is 11.9. The average molecular weight is 297 g/mol. The molecule has 7 heteroatoms. The second kappa shape index (κ2) is 5.92. The Bertz CT molecular complexity index is 561. The smallest absolute Gasteiger partial charge is 0.323 e. The highest BCUT2D eigenvalue weighted by Crippen LogP contribution is 2.18. The van der Waals surface area contributed by atoms with Crippen molar-refractivity contribution < 1.29 is 19.5 Å². The van der Waals surface area contributed by atoms with Crippen LogP contribution < -0.4 is 0 Å². The van der Waals surface area contributed by atoms with Gasteiger partial charge in [-0.2, -0.15) is 0 Å². The zero-order chi connectivity index (χ0) is 14.7. The van der Waals surface area contributed by atoms with Gasteiger partial charge in [-0.3, -0.25) is 14.4 Å². The second-order valence-electron chi connectivity index (χ2n) is 4.44. The number of carboxylic acids is 1. The molecule has 0 aliphatic carbocycles. The maximum Gasteiger partial charge on any atom is 0.323 e. The van der Waals surface area contributed by atoms with Gasteiger partial charge in [0, 0.05) is 24.7 Å². The molecule has 0 bridgehead atoms. The number of amides is 2. The standard InChI is InChI=1S/C13H13ClN2O4/c14-10-4-2-1-3-9(10)7-15-5-6-16(8-11(17)18)13(20)12(15)19/h1-4H,5-8H2,(H,17,18). The normalized spacial score (nSPS) is 15.7. The molecule has 0 aromatic heterocycles. The molecular formula is C13H13ClN2O4. The third-order valence-electron chi connectivity index (χ3n) is 3.04. The fourth-order valence-corrected chi connectivity index (χ4v) is 2.21.